The van der Waals surface area contributed by atoms with Crippen molar-refractivity contribution in [1.29, 1.82) is 0 Å². The zero-order chi connectivity index (χ0) is 16.9. The van der Waals surface area contributed by atoms with Crippen molar-refractivity contribution < 1.29 is 19.0 Å². The van der Waals surface area contributed by atoms with Crippen molar-refractivity contribution >= 4 is 0 Å². The molecule has 0 amide bonds. The predicted octanol–water partition coefficient (Wildman–Crippen LogP) is 2.84. The van der Waals surface area contributed by atoms with Crippen LogP contribution in [-0.4, -0.2) is 25.9 Å². The van der Waals surface area contributed by atoms with E-state index in [4.69, 9.17) is 9.47 Å². The third-order valence-electron chi connectivity index (χ3n) is 3.71. The maximum absolute atomic E-state index is 13.0. The molecule has 0 aliphatic rings. The molecule has 0 saturated carbocycles. The highest BCUT2D eigenvalue weighted by atomic mass is 19.1. The van der Waals surface area contributed by atoms with Crippen molar-refractivity contribution in [3.8, 4) is 11.5 Å². The minimum absolute atomic E-state index is 0.317. The van der Waals surface area contributed by atoms with E-state index in [9.17, 15) is 9.50 Å². The van der Waals surface area contributed by atoms with Crippen LogP contribution in [-0.2, 0) is 12.1 Å². The van der Waals surface area contributed by atoms with Crippen molar-refractivity contribution in [3.63, 3.8) is 0 Å². The van der Waals surface area contributed by atoms with Gasteiger partial charge in [0, 0.05) is 13.1 Å². The van der Waals surface area contributed by atoms with Crippen LogP contribution in [0.1, 0.15) is 18.1 Å². The molecule has 124 valence electrons. The van der Waals surface area contributed by atoms with Crippen molar-refractivity contribution in [2.24, 2.45) is 0 Å². The fourth-order valence-electron chi connectivity index (χ4n) is 2.35. The SMILES string of the molecule is COc1ccc(CNCC(C)(O)c2ccc(F)cc2)cc1OC. The van der Waals surface area contributed by atoms with E-state index < -0.39 is 5.60 Å². The fraction of sp³-hybridized carbons (Fsp3) is 0.333. The van der Waals surface area contributed by atoms with Crippen LogP contribution in [0.15, 0.2) is 42.5 Å². The first-order valence-electron chi connectivity index (χ1n) is 7.36. The fourth-order valence-corrected chi connectivity index (χ4v) is 2.35. The number of benzene rings is 2. The summed E-state index contributed by atoms with van der Waals surface area (Å²) in [5.74, 6) is 1.02. The topological polar surface area (TPSA) is 50.7 Å². The van der Waals surface area contributed by atoms with Gasteiger partial charge in [-0.1, -0.05) is 18.2 Å². The zero-order valence-electron chi connectivity index (χ0n) is 13.6. The molecule has 2 aromatic carbocycles. The van der Waals surface area contributed by atoms with E-state index in [-0.39, 0.29) is 5.82 Å². The van der Waals surface area contributed by atoms with Crippen LogP contribution in [0.5, 0.6) is 11.5 Å². The molecule has 0 bridgehead atoms. The monoisotopic (exact) mass is 319 g/mol. The lowest BCUT2D eigenvalue weighted by atomic mass is 9.96. The van der Waals surface area contributed by atoms with Gasteiger partial charge in [-0.05, 0) is 42.3 Å². The molecule has 0 aliphatic heterocycles. The lowest BCUT2D eigenvalue weighted by Crippen LogP contribution is -2.35. The van der Waals surface area contributed by atoms with Crippen LogP contribution in [0.2, 0.25) is 0 Å². The van der Waals surface area contributed by atoms with Gasteiger partial charge in [0.1, 0.15) is 5.82 Å². The number of halogens is 1. The van der Waals surface area contributed by atoms with Crippen LogP contribution in [0.3, 0.4) is 0 Å². The Bertz CT molecular complexity index is 641. The van der Waals surface area contributed by atoms with Gasteiger partial charge in [-0.3, -0.25) is 0 Å². The molecule has 2 aromatic rings. The molecule has 2 N–H and O–H groups in total. The molecule has 23 heavy (non-hydrogen) atoms. The zero-order valence-corrected chi connectivity index (χ0v) is 13.6. The van der Waals surface area contributed by atoms with Gasteiger partial charge in [0.2, 0.25) is 0 Å². The third-order valence-corrected chi connectivity index (χ3v) is 3.71. The summed E-state index contributed by atoms with van der Waals surface area (Å²) in [5, 5.41) is 13.7. The van der Waals surface area contributed by atoms with Gasteiger partial charge in [-0.2, -0.15) is 0 Å². The largest absolute Gasteiger partial charge is 0.493 e. The van der Waals surface area contributed by atoms with Gasteiger partial charge in [0.05, 0.1) is 19.8 Å². The van der Waals surface area contributed by atoms with E-state index in [1.807, 2.05) is 18.2 Å². The van der Waals surface area contributed by atoms with E-state index in [0.717, 1.165) is 5.56 Å². The molecule has 5 heteroatoms. The first-order valence-corrected chi connectivity index (χ1v) is 7.36. The highest BCUT2D eigenvalue weighted by Crippen LogP contribution is 2.27. The summed E-state index contributed by atoms with van der Waals surface area (Å²) in [6, 6.07) is 11.5. The van der Waals surface area contributed by atoms with E-state index in [1.54, 1.807) is 33.3 Å². The molecule has 2 rings (SSSR count). The summed E-state index contributed by atoms with van der Waals surface area (Å²) in [7, 11) is 3.18. The summed E-state index contributed by atoms with van der Waals surface area (Å²) in [5.41, 5.74) is 0.598. The average Bonchev–Trinajstić information content (AvgIpc) is 2.55. The van der Waals surface area contributed by atoms with Gasteiger partial charge in [-0.15, -0.1) is 0 Å². The smallest absolute Gasteiger partial charge is 0.161 e. The molecule has 0 aromatic heterocycles. The molecule has 1 unspecified atom stereocenters. The Kier molecular flexibility index (Phi) is 5.58. The Balaban J connectivity index is 1.97. The van der Waals surface area contributed by atoms with Crippen LogP contribution in [0, 0.1) is 5.82 Å². The van der Waals surface area contributed by atoms with Crippen molar-refractivity contribution in [2.75, 3.05) is 20.8 Å². The summed E-state index contributed by atoms with van der Waals surface area (Å²) in [6.07, 6.45) is 0. The van der Waals surface area contributed by atoms with E-state index in [2.05, 4.69) is 5.32 Å². The molecular formula is C18H22FNO3. The molecule has 0 radical (unpaired) electrons. The highest BCUT2D eigenvalue weighted by molar-refractivity contribution is 5.42. The third kappa shape index (κ3) is 4.43. The number of methoxy groups -OCH3 is 2. The van der Waals surface area contributed by atoms with Crippen LogP contribution >= 0.6 is 0 Å². The van der Waals surface area contributed by atoms with Gasteiger partial charge >= 0.3 is 0 Å². The lowest BCUT2D eigenvalue weighted by Gasteiger charge is -2.24. The van der Waals surface area contributed by atoms with Crippen LogP contribution < -0.4 is 14.8 Å². The number of aliphatic hydroxyl groups is 1. The van der Waals surface area contributed by atoms with Crippen LogP contribution in [0.4, 0.5) is 4.39 Å². The number of hydrogen-bond acceptors (Lipinski definition) is 4. The quantitative estimate of drug-likeness (QED) is 0.824. The maximum atomic E-state index is 13.0. The molecule has 0 aliphatic carbocycles. The molecular weight excluding hydrogens is 297 g/mol. The van der Waals surface area contributed by atoms with E-state index in [1.165, 1.54) is 12.1 Å². The second-order valence-corrected chi connectivity index (χ2v) is 5.57. The number of nitrogens with one attached hydrogen (secondary N) is 1. The average molecular weight is 319 g/mol. The Morgan fingerprint density at radius 1 is 1.04 bits per heavy atom. The predicted molar refractivity (Wildman–Crippen MR) is 87.2 cm³/mol. The maximum Gasteiger partial charge on any atom is 0.161 e. The summed E-state index contributed by atoms with van der Waals surface area (Å²) in [4.78, 5) is 0. The molecule has 1 atom stereocenters. The van der Waals surface area contributed by atoms with E-state index in [0.29, 0.717) is 30.2 Å². The van der Waals surface area contributed by atoms with Crippen LogP contribution in [0.25, 0.3) is 0 Å². The van der Waals surface area contributed by atoms with E-state index >= 15 is 0 Å². The van der Waals surface area contributed by atoms with Crippen molar-refractivity contribution in [1.82, 2.24) is 5.32 Å². The Morgan fingerprint density at radius 2 is 1.70 bits per heavy atom. The first-order chi connectivity index (χ1) is 11.0. The van der Waals surface area contributed by atoms with Crippen molar-refractivity contribution in [3.05, 3.63) is 59.4 Å². The minimum Gasteiger partial charge on any atom is -0.493 e. The molecule has 0 spiro atoms. The minimum atomic E-state index is -1.08. The standard InChI is InChI=1S/C18H22FNO3/c1-18(21,14-5-7-15(19)8-6-14)12-20-11-13-4-9-16(22-2)17(10-13)23-3/h4-10,20-21H,11-12H2,1-3H3. The molecule has 4 nitrogen and oxygen atoms in total. The molecule has 0 fully saturated rings. The highest BCUT2D eigenvalue weighted by Gasteiger charge is 2.22. The normalized spacial score (nSPS) is 13.4. The van der Waals surface area contributed by atoms with Gasteiger partial charge in [0.25, 0.3) is 0 Å². The Morgan fingerprint density at radius 3 is 2.30 bits per heavy atom. The van der Waals surface area contributed by atoms with Gasteiger partial charge in [0.15, 0.2) is 11.5 Å². The van der Waals surface area contributed by atoms with Gasteiger partial charge < -0.3 is 19.9 Å². The Hall–Kier alpha value is -2.11. The number of ether oxygens (including phenoxy) is 2. The number of hydrogen-bond donors (Lipinski definition) is 2. The molecule has 0 saturated heterocycles. The summed E-state index contributed by atoms with van der Waals surface area (Å²) in [6.45, 7) is 2.60. The van der Waals surface area contributed by atoms with Crippen molar-refractivity contribution in [2.45, 2.75) is 19.1 Å². The lowest BCUT2D eigenvalue weighted by molar-refractivity contribution is 0.0566. The first kappa shape index (κ1) is 17.2. The summed E-state index contributed by atoms with van der Waals surface area (Å²) < 4.78 is 23.4. The Labute approximate surface area is 135 Å². The number of rotatable bonds is 7. The van der Waals surface area contributed by atoms with Gasteiger partial charge in [-0.25, -0.2) is 4.39 Å². The second kappa shape index (κ2) is 7.44. The molecule has 0 heterocycles. The summed E-state index contributed by atoms with van der Waals surface area (Å²) >= 11 is 0. The second-order valence-electron chi connectivity index (χ2n) is 5.57.